The molecule has 0 aliphatic carbocycles. The summed E-state index contributed by atoms with van der Waals surface area (Å²) in [5.41, 5.74) is 0.243. The Morgan fingerprint density at radius 1 is 1.05 bits per heavy atom. The van der Waals surface area contributed by atoms with E-state index in [9.17, 15) is 31.1 Å². The molecular formula is C25H25F6N3O2S. The molecule has 2 aromatic carbocycles. The van der Waals surface area contributed by atoms with Crippen LogP contribution in [0.2, 0.25) is 0 Å². The molecular weight excluding hydrogens is 520 g/mol. The Labute approximate surface area is 214 Å². The van der Waals surface area contributed by atoms with E-state index < -0.39 is 40.8 Å². The van der Waals surface area contributed by atoms with Crippen molar-refractivity contribution in [3.63, 3.8) is 0 Å². The summed E-state index contributed by atoms with van der Waals surface area (Å²) in [6, 6.07) is 10.9. The van der Waals surface area contributed by atoms with Crippen LogP contribution < -0.4 is 10.1 Å². The molecule has 0 bridgehead atoms. The minimum atomic E-state index is -4.91. The summed E-state index contributed by atoms with van der Waals surface area (Å²) in [4.78, 5) is 18.1. The van der Waals surface area contributed by atoms with Gasteiger partial charge in [-0.2, -0.15) is 13.2 Å². The number of halogens is 6. The van der Waals surface area contributed by atoms with E-state index in [1.807, 2.05) is 19.9 Å². The lowest BCUT2D eigenvalue weighted by atomic mass is 10.1. The first kappa shape index (κ1) is 28.5. The van der Waals surface area contributed by atoms with E-state index in [1.54, 1.807) is 18.2 Å². The van der Waals surface area contributed by atoms with Crippen LogP contribution in [-0.4, -0.2) is 35.2 Å². The van der Waals surface area contributed by atoms with Gasteiger partial charge in [-0.15, -0.1) is 24.5 Å². The van der Waals surface area contributed by atoms with E-state index >= 15 is 0 Å². The molecule has 0 radical (unpaired) electrons. The molecule has 3 rings (SSSR count). The van der Waals surface area contributed by atoms with Crippen LogP contribution in [0, 0.1) is 0 Å². The molecule has 1 heterocycles. The Hall–Kier alpha value is -3.12. The van der Waals surface area contributed by atoms with Gasteiger partial charge in [-0.25, -0.2) is 4.98 Å². The van der Waals surface area contributed by atoms with Crippen molar-refractivity contribution < 1.29 is 35.9 Å². The fourth-order valence-corrected chi connectivity index (χ4v) is 4.61. The summed E-state index contributed by atoms with van der Waals surface area (Å²) >= 11 is 0.605. The smallest absolute Gasteiger partial charge is 0.406 e. The fourth-order valence-electron chi connectivity index (χ4n) is 3.62. The number of thiazole rings is 1. The molecule has 200 valence electrons. The van der Waals surface area contributed by atoms with Gasteiger partial charge in [0.1, 0.15) is 15.6 Å². The van der Waals surface area contributed by atoms with Crippen LogP contribution in [0.15, 0.2) is 48.5 Å². The molecule has 1 atom stereocenters. The van der Waals surface area contributed by atoms with Gasteiger partial charge < -0.3 is 10.1 Å². The van der Waals surface area contributed by atoms with Crippen LogP contribution in [-0.2, 0) is 12.7 Å². The van der Waals surface area contributed by atoms with Crippen molar-refractivity contribution in [3.05, 3.63) is 70.2 Å². The molecule has 1 N–H and O–H groups in total. The number of nitrogens with one attached hydrogen (secondary N) is 1. The van der Waals surface area contributed by atoms with Gasteiger partial charge in [-0.1, -0.05) is 44.2 Å². The normalized spacial score (nSPS) is 13.0. The number of aromatic nitrogens is 1. The Morgan fingerprint density at radius 2 is 1.73 bits per heavy atom. The summed E-state index contributed by atoms with van der Waals surface area (Å²) in [6.45, 7) is 7.69. The van der Waals surface area contributed by atoms with Crippen LogP contribution in [0.4, 0.5) is 26.3 Å². The molecule has 5 nitrogen and oxygen atoms in total. The maximum atomic E-state index is 13.8. The summed E-state index contributed by atoms with van der Waals surface area (Å²) in [5, 5.41) is 2.45. The Kier molecular flexibility index (Phi) is 8.85. The standard InChI is InChI=1S/C25H25F6N3O2S/c1-4-34(5-2)14-16-8-6-10-18(12-16)23-33-21(24(26,27)28)20(37-23)22(35)32-15(3)17-9-7-11-19(13-17)36-25(29,30)31/h6-13,15H,4-5,14H2,1-3H3,(H,32,35). The predicted octanol–water partition coefficient (Wildman–Crippen LogP) is 7.06. The molecule has 1 amide bonds. The number of carbonyl (C=O) groups excluding carboxylic acids is 1. The fraction of sp³-hybridized carbons (Fsp3) is 0.360. The van der Waals surface area contributed by atoms with Gasteiger partial charge in [-0.3, -0.25) is 9.69 Å². The SMILES string of the molecule is CCN(CC)Cc1cccc(-c2nc(C(F)(F)F)c(C(=O)NC(C)c3cccc(OC(F)(F)F)c3)s2)c1. The summed E-state index contributed by atoms with van der Waals surface area (Å²) in [7, 11) is 0. The van der Waals surface area contributed by atoms with Crippen molar-refractivity contribution in [2.75, 3.05) is 13.1 Å². The number of nitrogens with zero attached hydrogens (tertiary/aromatic N) is 2. The highest BCUT2D eigenvalue weighted by atomic mass is 32.1. The Bertz CT molecular complexity index is 1220. The van der Waals surface area contributed by atoms with E-state index in [0.29, 0.717) is 23.4 Å². The number of rotatable bonds is 9. The molecule has 12 heteroatoms. The highest BCUT2D eigenvalue weighted by Gasteiger charge is 2.40. The first-order valence-electron chi connectivity index (χ1n) is 11.4. The van der Waals surface area contributed by atoms with Crippen molar-refractivity contribution in [3.8, 4) is 16.3 Å². The average Bonchev–Trinajstić information content (AvgIpc) is 3.28. The largest absolute Gasteiger partial charge is 0.573 e. The highest BCUT2D eigenvalue weighted by molar-refractivity contribution is 7.17. The second kappa shape index (κ2) is 11.5. The van der Waals surface area contributed by atoms with E-state index in [1.165, 1.54) is 19.1 Å². The van der Waals surface area contributed by atoms with Gasteiger partial charge in [0.05, 0.1) is 6.04 Å². The zero-order valence-corrected chi connectivity index (χ0v) is 21.0. The molecule has 0 aliphatic heterocycles. The van der Waals surface area contributed by atoms with E-state index in [0.717, 1.165) is 30.8 Å². The zero-order chi connectivity index (χ0) is 27.4. The molecule has 0 aliphatic rings. The van der Waals surface area contributed by atoms with Crippen LogP contribution in [0.25, 0.3) is 10.6 Å². The first-order chi connectivity index (χ1) is 17.3. The zero-order valence-electron chi connectivity index (χ0n) is 20.2. The van der Waals surface area contributed by atoms with Gasteiger partial charge in [0.15, 0.2) is 5.69 Å². The number of hydrogen-bond acceptors (Lipinski definition) is 5. The lowest BCUT2D eigenvalue weighted by molar-refractivity contribution is -0.274. The topological polar surface area (TPSA) is 54.5 Å². The van der Waals surface area contributed by atoms with Crippen LogP contribution in [0.5, 0.6) is 5.75 Å². The number of alkyl halides is 6. The third-order valence-corrected chi connectivity index (χ3v) is 6.62. The lowest BCUT2D eigenvalue weighted by Crippen LogP contribution is -2.28. The Balaban J connectivity index is 1.87. The summed E-state index contributed by atoms with van der Waals surface area (Å²) in [5.74, 6) is -1.54. The molecule has 3 aromatic rings. The number of amides is 1. The highest BCUT2D eigenvalue weighted by Crippen LogP contribution is 2.38. The minimum absolute atomic E-state index is 0.0344. The predicted molar refractivity (Wildman–Crippen MR) is 128 cm³/mol. The quantitative estimate of drug-likeness (QED) is 0.293. The Morgan fingerprint density at radius 3 is 2.35 bits per heavy atom. The van der Waals surface area contributed by atoms with E-state index in [2.05, 4.69) is 19.9 Å². The summed E-state index contributed by atoms with van der Waals surface area (Å²) in [6.07, 6.45) is -9.79. The summed E-state index contributed by atoms with van der Waals surface area (Å²) < 4.78 is 82.8. The van der Waals surface area contributed by atoms with Crippen LogP contribution in [0.3, 0.4) is 0 Å². The number of hydrogen-bond donors (Lipinski definition) is 1. The molecule has 0 spiro atoms. The number of ether oxygens (including phenoxy) is 1. The van der Waals surface area contributed by atoms with Crippen molar-refractivity contribution in [2.24, 2.45) is 0 Å². The molecule has 0 saturated carbocycles. The molecule has 0 saturated heterocycles. The van der Waals surface area contributed by atoms with Gasteiger partial charge >= 0.3 is 12.5 Å². The maximum Gasteiger partial charge on any atom is 0.573 e. The monoisotopic (exact) mass is 545 g/mol. The van der Waals surface area contributed by atoms with E-state index in [-0.39, 0.29) is 10.6 Å². The maximum absolute atomic E-state index is 13.8. The van der Waals surface area contributed by atoms with Crippen molar-refractivity contribution in [1.29, 1.82) is 0 Å². The molecule has 0 fully saturated rings. The second-order valence-corrected chi connectivity index (χ2v) is 9.17. The van der Waals surface area contributed by atoms with Gasteiger partial charge in [0.25, 0.3) is 5.91 Å². The van der Waals surface area contributed by atoms with Crippen molar-refractivity contribution in [1.82, 2.24) is 15.2 Å². The van der Waals surface area contributed by atoms with Crippen molar-refractivity contribution in [2.45, 2.75) is 45.9 Å². The van der Waals surface area contributed by atoms with Crippen molar-refractivity contribution >= 4 is 17.2 Å². The van der Waals surface area contributed by atoms with E-state index in [4.69, 9.17) is 0 Å². The third-order valence-electron chi connectivity index (χ3n) is 5.52. The van der Waals surface area contributed by atoms with Gasteiger partial charge in [-0.05, 0) is 49.3 Å². The minimum Gasteiger partial charge on any atom is -0.406 e. The van der Waals surface area contributed by atoms with Gasteiger partial charge in [0, 0.05) is 12.1 Å². The first-order valence-corrected chi connectivity index (χ1v) is 12.2. The van der Waals surface area contributed by atoms with Gasteiger partial charge in [0.2, 0.25) is 0 Å². The third kappa shape index (κ3) is 7.68. The van der Waals surface area contributed by atoms with Crippen LogP contribution >= 0.6 is 11.3 Å². The molecule has 1 unspecified atom stereocenters. The molecule has 37 heavy (non-hydrogen) atoms. The lowest BCUT2D eigenvalue weighted by Gasteiger charge is -2.18. The van der Waals surface area contributed by atoms with Crippen LogP contribution in [0.1, 0.15) is 53.3 Å². The number of benzene rings is 2. The average molecular weight is 546 g/mol. The second-order valence-electron chi connectivity index (χ2n) is 8.17. The number of carbonyl (C=O) groups is 1. The molecule has 1 aromatic heterocycles.